The van der Waals surface area contributed by atoms with Gasteiger partial charge in [0.05, 0.1) is 0 Å². The number of ether oxygens (including phenoxy) is 2. The highest BCUT2D eigenvalue weighted by molar-refractivity contribution is 5.85. The van der Waals surface area contributed by atoms with Crippen LogP contribution in [0.1, 0.15) is 62.6 Å². The van der Waals surface area contributed by atoms with Gasteiger partial charge >= 0.3 is 12.2 Å². The van der Waals surface area contributed by atoms with Crippen molar-refractivity contribution in [3.8, 4) is 0 Å². The smallest absolute Gasteiger partial charge is 0.408 e. The molecule has 3 rings (SSSR count). The molecule has 0 unspecified atom stereocenters. The van der Waals surface area contributed by atoms with E-state index >= 15 is 0 Å². The minimum Gasteiger partial charge on any atom is -0.445 e. The summed E-state index contributed by atoms with van der Waals surface area (Å²) < 4.78 is 10.6. The van der Waals surface area contributed by atoms with Crippen LogP contribution >= 0.6 is 0 Å². The van der Waals surface area contributed by atoms with Gasteiger partial charge in [-0.25, -0.2) is 9.59 Å². The van der Waals surface area contributed by atoms with Crippen molar-refractivity contribution in [3.05, 3.63) is 108 Å². The number of carbonyl (C=O) groups excluding carboxylic acids is 3. The zero-order valence-electron chi connectivity index (χ0n) is 24.1. The Balaban J connectivity index is 1.60. The summed E-state index contributed by atoms with van der Waals surface area (Å²) in [7, 11) is 0. The number of nitrogens with one attached hydrogen (secondary N) is 3. The monoisotopic (exact) mass is 559 g/mol. The van der Waals surface area contributed by atoms with Crippen LogP contribution in [0, 0.1) is 0 Å². The van der Waals surface area contributed by atoms with Gasteiger partial charge < -0.3 is 25.4 Å². The molecule has 3 aromatic rings. The topological polar surface area (TPSA) is 106 Å². The van der Waals surface area contributed by atoms with Crippen molar-refractivity contribution in [3.63, 3.8) is 0 Å². The van der Waals surface area contributed by atoms with Crippen LogP contribution in [0.2, 0.25) is 0 Å². The second-order valence-electron chi connectivity index (χ2n) is 10.8. The van der Waals surface area contributed by atoms with E-state index in [1.54, 1.807) is 20.8 Å². The van der Waals surface area contributed by atoms with Gasteiger partial charge in [0.25, 0.3) is 0 Å². The van der Waals surface area contributed by atoms with Crippen LogP contribution in [-0.2, 0) is 20.9 Å². The number of hydrogen-bond donors (Lipinski definition) is 3. The van der Waals surface area contributed by atoms with E-state index in [0.717, 1.165) is 16.7 Å². The molecule has 0 bridgehead atoms. The van der Waals surface area contributed by atoms with Crippen molar-refractivity contribution in [1.82, 2.24) is 16.0 Å². The minimum atomic E-state index is -0.799. The lowest BCUT2D eigenvalue weighted by molar-refractivity contribution is -0.123. The number of amides is 3. The van der Waals surface area contributed by atoms with Crippen molar-refractivity contribution in [2.24, 2.45) is 0 Å². The lowest BCUT2D eigenvalue weighted by Crippen LogP contribution is -2.47. The Kier molecular flexibility index (Phi) is 12.2. The van der Waals surface area contributed by atoms with Gasteiger partial charge in [0.15, 0.2) is 0 Å². The summed E-state index contributed by atoms with van der Waals surface area (Å²) >= 11 is 0. The fraction of sp³-hybridized carbons (Fsp3) is 0.364. The number of unbranched alkanes of at least 4 members (excludes halogenated alkanes) is 1. The molecule has 0 aliphatic carbocycles. The van der Waals surface area contributed by atoms with E-state index in [4.69, 9.17) is 9.47 Å². The minimum absolute atomic E-state index is 0.0509. The van der Waals surface area contributed by atoms with E-state index in [0.29, 0.717) is 32.4 Å². The van der Waals surface area contributed by atoms with Crippen LogP contribution in [0.4, 0.5) is 9.59 Å². The SMILES string of the molecule is CC(C)(C)OC(=O)NCCCC[C@H](NC(=O)OCc1ccccc1)C(=O)NCC(c1ccccc1)c1ccccc1. The first-order valence-corrected chi connectivity index (χ1v) is 14.0. The van der Waals surface area contributed by atoms with Gasteiger partial charge in [-0.05, 0) is 56.7 Å². The number of benzene rings is 3. The molecule has 8 heteroatoms. The highest BCUT2D eigenvalue weighted by Gasteiger charge is 2.23. The first-order valence-electron chi connectivity index (χ1n) is 14.0. The maximum Gasteiger partial charge on any atom is 0.408 e. The molecule has 0 radical (unpaired) electrons. The number of alkyl carbamates (subject to hydrolysis) is 2. The van der Waals surface area contributed by atoms with Crippen molar-refractivity contribution in [1.29, 1.82) is 0 Å². The summed E-state index contributed by atoms with van der Waals surface area (Å²) in [5.74, 6) is -0.344. The molecular formula is C33H41N3O5. The third-order valence-electron chi connectivity index (χ3n) is 6.29. The molecule has 0 heterocycles. The molecule has 0 aliphatic rings. The Bertz CT molecular complexity index is 1170. The molecule has 3 N–H and O–H groups in total. The van der Waals surface area contributed by atoms with Crippen LogP contribution in [0.5, 0.6) is 0 Å². The third-order valence-corrected chi connectivity index (χ3v) is 6.29. The number of hydrogen-bond acceptors (Lipinski definition) is 5. The van der Waals surface area contributed by atoms with Crippen LogP contribution in [0.3, 0.4) is 0 Å². The summed E-state index contributed by atoms with van der Waals surface area (Å²) in [4.78, 5) is 37.9. The maximum atomic E-state index is 13.4. The van der Waals surface area contributed by atoms with Crippen molar-refractivity contribution >= 4 is 18.1 Å². The van der Waals surface area contributed by atoms with Gasteiger partial charge in [0, 0.05) is 19.0 Å². The number of carbonyl (C=O) groups is 3. The van der Waals surface area contributed by atoms with Crippen LogP contribution in [0.15, 0.2) is 91.0 Å². The van der Waals surface area contributed by atoms with E-state index in [1.807, 2.05) is 91.0 Å². The molecule has 0 aromatic heterocycles. The van der Waals surface area contributed by atoms with Crippen LogP contribution in [-0.4, -0.2) is 42.8 Å². The standard InChI is InChI=1S/C33H41N3O5/c1-33(2,3)41-31(38)34-22-14-13-21-29(36-32(39)40-24-25-15-7-4-8-16-25)30(37)35-23-28(26-17-9-5-10-18-26)27-19-11-6-12-20-27/h4-12,15-20,28-29H,13-14,21-24H2,1-3H3,(H,34,38)(H,35,37)(H,36,39)/t29-/m0/s1. The summed E-state index contributed by atoms with van der Waals surface area (Å²) in [6, 6.07) is 28.5. The quantitative estimate of drug-likeness (QED) is 0.225. The maximum absolute atomic E-state index is 13.4. The van der Waals surface area contributed by atoms with Gasteiger partial charge in [-0.3, -0.25) is 4.79 Å². The molecule has 0 spiro atoms. The van der Waals surface area contributed by atoms with Crippen molar-refractivity contribution in [2.45, 2.75) is 64.2 Å². The van der Waals surface area contributed by atoms with Gasteiger partial charge in [-0.1, -0.05) is 91.0 Å². The van der Waals surface area contributed by atoms with E-state index in [2.05, 4.69) is 16.0 Å². The van der Waals surface area contributed by atoms with Crippen molar-refractivity contribution in [2.75, 3.05) is 13.1 Å². The first kappa shape index (κ1) is 31.2. The Labute approximate surface area is 242 Å². The Morgan fingerprint density at radius 1 is 0.732 bits per heavy atom. The summed E-state index contributed by atoms with van der Waals surface area (Å²) in [6.45, 7) is 6.27. The van der Waals surface area contributed by atoms with E-state index in [9.17, 15) is 14.4 Å². The summed E-state index contributed by atoms with van der Waals surface area (Å²) in [5.41, 5.74) is 2.44. The average Bonchev–Trinajstić information content (AvgIpc) is 2.96. The largest absolute Gasteiger partial charge is 0.445 e. The van der Waals surface area contributed by atoms with Crippen LogP contribution in [0.25, 0.3) is 0 Å². The highest BCUT2D eigenvalue weighted by atomic mass is 16.6. The fourth-order valence-electron chi connectivity index (χ4n) is 4.28. The third kappa shape index (κ3) is 11.7. The molecule has 0 aliphatic heterocycles. The zero-order valence-corrected chi connectivity index (χ0v) is 24.1. The Morgan fingerprint density at radius 2 is 1.29 bits per heavy atom. The lowest BCUT2D eigenvalue weighted by Gasteiger charge is -2.22. The predicted molar refractivity (Wildman–Crippen MR) is 159 cm³/mol. The Hall–Kier alpha value is -4.33. The lowest BCUT2D eigenvalue weighted by atomic mass is 9.91. The Morgan fingerprint density at radius 3 is 1.85 bits per heavy atom. The molecular weight excluding hydrogens is 518 g/mol. The molecule has 41 heavy (non-hydrogen) atoms. The predicted octanol–water partition coefficient (Wildman–Crippen LogP) is 5.92. The normalized spacial score (nSPS) is 11.8. The molecule has 0 saturated carbocycles. The summed E-state index contributed by atoms with van der Waals surface area (Å²) in [6.07, 6.45) is 0.434. The second-order valence-corrected chi connectivity index (χ2v) is 10.8. The van der Waals surface area contributed by atoms with Gasteiger partial charge in [0.2, 0.25) is 5.91 Å². The first-order chi connectivity index (χ1) is 19.7. The van der Waals surface area contributed by atoms with E-state index < -0.39 is 23.8 Å². The van der Waals surface area contributed by atoms with E-state index in [1.165, 1.54) is 0 Å². The molecule has 1 atom stereocenters. The molecule has 0 saturated heterocycles. The molecule has 3 amide bonds. The van der Waals surface area contributed by atoms with Gasteiger partial charge in [0.1, 0.15) is 18.2 Å². The van der Waals surface area contributed by atoms with Crippen molar-refractivity contribution < 1.29 is 23.9 Å². The highest BCUT2D eigenvalue weighted by Crippen LogP contribution is 2.23. The van der Waals surface area contributed by atoms with E-state index in [-0.39, 0.29) is 18.4 Å². The fourth-order valence-corrected chi connectivity index (χ4v) is 4.28. The van der Waals surface area contributed by atoms with Gasteiger partial charge in [-0.15, -0.1) is 0 Å². The second kappa shape index (κ2) is 16.1. The summed E-state index contributed by atoms with van der Waals surface area (Å²) in [5, 5.41) is 8.50. The molecule has 218 valence electrons. The number of rotatable bonds is 13. The zero-order chi connectivity index (χ0) is 29.5. The van der Waals surface area contributed by atoms with Gasteiger partial charge in [-0.2, -0.15) is 0 Å². The molecule has 0 fully saturated rings. The molecule has 3 aromatic carbocycles. The molecule has 8 nitrogen and oxygen atoms in total. The van der Waals surface area contributed by atoms with Crippen LogP contribution < -0.4 is 16.0 Å². The average molecular weight is 560 g/mol.